The Morgan fingerprint density at radius 2 is 1.54 bits per heavy atom. The zero-order chi connectivity index (χ0) is 16.6. The number of pyridine rings is 1. The van der Waals surface area contributed by atoms with Crippen LogP contribution >= 0.6 is 0 Å². The normalized spacial score (nSPS) is 19.9. The van der Waals surface area contributed by atoms with Gasteiger partial charge in [-0.3, -0.25) is 0 Å². The number of hydrogen-bond donors (Lipinski definition) is 0. The summed E-state index contributed by atoms with van der Waals surface area (Å²) in [5.74, 6) is 0.998. The van der Waals surface area contributed by atoms with Crippen molar-refractivity contribution in [1.82, 2.24) is 9.29 Å². The van der Waals surface area contributed by atoms with Crippen LogP contribution in [0.4, 0.5) is 5.82 Å². The molecule has 0 amide bonds. The fraction of sp³-hybridized carbons (Fsp3) is 0.500. The van der Waals surface area contributed by atoms with E-state index in [1.165, 1.54) is 19.3 Å². The number of fused-ring (bicyclic) bond motifs is 1. The van der Waals surface area contributed by atoms with Crippen molar-refractivity contribution in [3.05, 3.63) is 30.3 Å². The summed E-state index contributed by atoms with van der Waals surface area (Å²) in [4.78, 5) is 7.43. The van der Waals surface area contributed by atoms with Crippen molar-refractivity contribution in [2.75, 3.05) is 31.1 Å². The standard InChI is InChI=1S/C18H23N3O2S/c22-24(23,21-12-4-5-13-21)16-7-8-17-15(14-16)6-9-18(19-17)20-10-2-1-3-11-20/h6-9,14H,1-5,10-13H2. The monoisotopic (exact) mass is 345 g/mol. The maximum Gasteiger partial charge on any atom is 0.243 e. The number of rotatable bonds is 3. The lowest BCUT2D eigenvalue weighted by molar-refractivity contribution is 0.477. The number of hydrogen-bond acceptors (Lipinski definition) is 4. The molecule has 4 rings (SSSR count). The zero-order valence-corrected chi connectivity index (χ0v) is 14.6. The Labute approximate surface area is 143 Å². The lowest BCUT2D eigenvalue weighted by Crippen LogP contribution is -2.30. The van der Waals surface area contributed by atoms with Crippen LogP contribution in [0.3, 0.4) is 0 Å². The van der Waals surface area contributed by atoms with Gasteiger partial charge in [0.1, 0.15) is 5.82 Å². The van der Waals surface area contributed by atoms with Crippen LogP contribution in [0, 0.1) is 0 Å². The van der Waals surface area contributed by atoms with Gasteiger partial charge in [0.15, 0.2) is 0 Å². The Hall–Kier alpha value is -1.66. The van der Waals surface area contributed by atoms with Crippen molar-refractivity contribution >= 4 is 26.7 Å². The minimum Gasteiger partial charge on any atom is -0.357 e. The second kappa shape index (κ2) is 6.33. The van der Waals surface area contributed by atoms with Gasteiger partial charge in [-0.1, -0.05) is 0 Å². The van der Waals surface area contributed by atoms with Crippen LogP contribution in [0.2, 0.25) is 0 Å². The molecule has 0 N–H and O–H groups in total. The molecule has 128 valence electrons. The summed E-state index contributed by atoms with van der Waals surface area (Å²) >= 11 is 0. The van der Waals surface area contributed by atoms with E-state index in [4.69, 9.17) is 4.98 Å². The van der Waals surface area contributed by atoms with E-state index < -0.39 is 10.0 Å². The van der Waals surface area contributed by atoms with Crippen molar-refractivity contribution in [2.24, 2.45) is 0 Å². The van der Waals surface area contributed by atoms with E-state index in [1.807, 2.05) is 18.2 Å². The molecule has 0 radical (unpaired) electrons. The molecule has 2 aromatic rings. The van der Waals surface area contributed by atoms with Crippen LogP contribution in [0.25, 0.3) is 10.9 Å². The molecular formula is C18H23N3O2S. The summed E-state index contributed by atoms with van der Waals surface area (Å²) in [6.45, 7) is 3.37. The molecule has 1 aromatic heterocycles. The van der Waals surface area contributed by atoms with Gasteiger partial charge in [-0.25, -0.2) is 13.4 Å². The molecular weight excluding hydrogens is 322 g/mol. The van der Waals surface area contributed by atoms with Gasteiger partial charge in [0, 0.05) is 31.6 Å². The molecule has 2 fully saturated rings. The highest BCUT2D eigenvalue weighted by molar-refractivity contribution is 7.89. The summed E-state index contributed by atoms with van der Waals surface area (Å²) in [5.41, 5.74) is 0.860. The fourth-order valence-electron chi connectivity index (χ4n) is 3.63. The quantitative estimate of drug-likeness (QED) is 0.858. The van der Waals surface area contributed by atoms with E-state index in [-0.39, 0.29) is 0 Å². The minimum absolute atomic E-state index is 0.379. The average molecular weight is 345 g/mol. The Balaban J connectivity index is 1.66. The maximum atomic E-state index is 12.7. The van der Waals surface area contributed by atoms with Crippen molar-refractivity contribution in [3.8, 4) is 0 Å². The molecule has 0 saturated carbocycles. The van der Waals surface area contributed by atoms with Crippen LogP contribution in [-0.4, -0.2) is 43.9 Å². The predicted octanol–water partition coefficient (Wildman–Crippen LogP) is 3.01. The average Bonchev–Trinajstić information content (AvgIpc) is 3.17. The maximum absolute atomic E-state index is 12.7. The molecule has 0 bridgehead atoms. The van der Waals surface area contributed by atoms with E-state index in [1.54, 1.807) is 16.4 Å². The number of anilines is 1. The summed E-state index contributed by atoms with van der Waals surface area (Å²) in [7, 11) is -3.37. The van der Waals surface area contributed by atoms with Crippen LogP contribution < -0.4 is 4.90 Å². The van der Waals surface area contributed by atoms with Crippen molar-refractivity contribution in [1.29, 1.82) is 0 Å². The molecule has 0 unspecified atom stereocenters. The highest BCUT2D eigenvalue weighted by atomic mass is 32.2. The summed E-state index contributed by atoms with van der Waals surface area (Å²) in [5, 5.41) is 0.885. The van der Waals surface area contributed by atoms with Gasteiger partial charge in [0.2, 0.25) is 10.0 Å². The molecule has 6 heteroatoms. The number of piperidine rings is 1. The number of sulfonamides is 1. The van der Waals surface area contributed by atoms with Crippen LogP contribution in [0.1, 0.15) is 32.1 Å². The van der Waals surface area contributed by atoms with Gasteiger partial charge in [0.25, 0.3) is 0 Å². The van der Waals surface area contributed by atoms with Crippen molar-refractivity contribution < 1.29 is 8.42 Å². The highest BCUT2D eigenvalue weighted by Gasteiger charge is 2.27. The molecule has 0 atom stereocenters. The molecule has 1 aromatic carbocycles. The van der Waals surface area contributed by atoms with E-state index >= 15 is 0 Å². The largest absolute Gasteiger partial charge is 0.357 e. The molecule has 24 heavy (non-hydrogen) atoms. The zero-order valence-electron chi connectivity index (χ0n) is 13.8. The third kappa shape index (κ3) is 2.89. The fourth-order valence-corrected chi connectivity index (χ4v) is 5.18. The predicted molar refractivity (Wildman–Crippen MR) is 95.8 cm³/mol. The van der Waals surface area contributed by atoms with Gasteiger partial charge in [0.05, 0.1) is 10.4 Å². The first-order valence-electron chi connectivity index (χ1n) is 8.80. The molecule has 3 heterocycles. The van der Waals surface area contributed by atoms with E-state index in [2.05, 4.69) is 4.90 Å². The Morgan fingerprint density at radius 3 is 2.29 bits per heavy atom. The molecule has 2 aliphatic rings. The molecule has 5 nitrogen and oxygen atoms in total. The van der Waals surface area contributed by atoms with Crippen LogP contribution in [-0.2, 0) is 10.0 Å². The van der Waals surface area contributed by atoms with Crippen molar-refractivity contribution in [2.45, 2.75) is 37.0 Å². The lowest BCUT2D eigenvalue weighted by atomic mass is 10.1. The first-order valence-corrected chi connectivity index (χ1v) is 10.2. The van der Waals surface area contributed by atoms with E-state index in [0.29, 0.717) is 18.0 Å². The van der Waals surface area contributed by atoms with Gasteiger partial charge < -0.3 is 4.90 Å². The first-order chi connectivity index (χ1) is 11.6. The van der Waals surface area contributed by atoms with Crippen LogP contribution in [0.5, 0.6) is 0 Å². The van der Waals surface area contributed by atoms with Gasteiger partial charge in [-0.2, -0.15) is 4.31 Å². The van der Waals surface area contributed by atoms with Gasteiger partial charge in [-0.05, 0) is 62.4 Å². The second-order valence-electron chi connectivity index (χ2n) is 6.68. The number of nitrogens with zero attached hydrogens (tertiary/aromatic N) is 3. The highest BCUT2D eigenvalue weighted by Crippen LogP contribution is 2.26. The first kappa shape index (κ1) is 15.8. The lowest BCUT2D eigenvalue weighted by Gasteiger charge is -2.27. The summed E-state index contributed by atoms with van der Waals surface area (Å²) in [6.07, 6.45) is 5.63. The molecule has 0 spiro atoms. The number of benzene rings is 1. The second-order valence-corrected chi connectivity index (χ2v) is 8.62. The van der Waals surface area contributed by atoms with Crippen LogP contribution in [0.15, 0.2) is 35.2 Å². The Morgan fingerprint density at radius 1 is 0.833 bits per heavy atom. The third-order valence-corrected chi connectivity index (χ3v) is 6.92. The third-order valence-electron chi connectivity index (χ3n) is 5.03. The smallest absolute Gasteiger partial charge is 0.243 e. The van der Waals surface area contributed by atoms with Crippen molar-refractivity contribution in [3.63, 3.8) is 0 Å². The number of aromatic nitrogens is 1. The summed E-state index contributed by atoms with van der Waals surface area (Å²) < 4.78 is 27.0. The van der Waals surface area contributed by atoms with E-state index in [9.17, 15) is 8.42 Å². The SMILES string of the molecule is O=S(=O)(c1ccc2nc(N3CCCCC3)ccc2c1)N1CCCC1. The summed E-state index contributed by atoms with van der Waals surface area (Å²) in [6, 6.07) is 9.31. The molecule has 2 saturated heterocycles. The van der Waals surface area contributed by atoms with Gasteiger partial charge in [-0.15, -0.1) is 0 Å². The van der Waals surface area contributed by atoms with E-state index in [0.717, 1.165) is 42.7 Å². The molecule has 2 aliphatic heterocycles. The Kier molecular flexibility index (Phi) is 4.18. The topological polar surface area (TPSA) is 53.5 Å². The van der Waals surface area contributed by atoms with Gasteiger partial charge >= 0.3 is 0 Å². The minimum atomic E-state index is -3.37. The molecule has 0 aliphatic carbocycles. The Bertz CT molecular complexity index is 838.